The van der Waals surface area contributed by atoms with E-state index in [0.29, 0.717) is 22.9 Å². The molecule has 0 fully saturated rings. The molecule has 2 aromatic heterocycles. The van der Waals surface area contributed by atoms with E-state index in [1.807, 2.05) is 50.4 Å². The van der Waals surface area contributed by atoms with Gasteiger partial charge in [-0.3, -0.25) is 0 Å². The van der Waals surface area contributed by atoms with E-state index in [-0.39, 0.29) is 0 Å². The van der Waals surface area contributed by atoms with E-state index in [1.54, 1.807) is 6.07 Å². The summed E-state index contributed by atoms with van der Waals surface area (Å²) in [6, 6.07) is 11.4. The number of allylic oxidation sites excluding steroid dienone is 1. The number of carbonyl (C=O) groups is 1. The van der Waals surface area contributed by atoms with Gasteiger partial charge < -0.3 is 13.7 Å². The Kier molecular flexibility index (Phi) is 7.16. The summed E-state index contributed by atoms with van der Waals surface area (Å²) in [5, 5.41) is 0.704. The number of nitrogens with zero attached hydrogens (tertiary/aromatic N) is 2. The van der Waals surface area contributed by atoms with Gasteiger partial charge in [0.15, 0.2) is 0 Å². The van der Waals surface area contributed by atoms with Crippen LogP contribution in [-0.2, 0) is 22.5 Å². The van der Waals surface area contributed by atoms with Crippen LogP contribution in [0.4, 0.5) is 0 Å². The number of furan rings is 1. The lowest BCUT2D eigenvalue weighted by atomic mass is 10.0. The Hall–Kier alpha value is -2.79. The summed E-state index contributed by atoms with van der Waals surface area (Å²) in [4.78, 5) is 17.3. The van der Waals surface area contributed by atoms with Gasteiger partial charge in [-0.15, -0.1) is 0 Å². The predicted octanol–water partition coefficient (Wildman–Crippen LogP) is 5.93. The van der Waals surface area contributed by atoms with Crippen molar-refractivity contribution in [2.24, 2.45) is 0 Å². The second-order valence-electron chi connectivity index (χ2n) is 7.24. The van der Waals surface area contributed by atoms with Crippen LogP contribution in [0.15, 0.2) is 47.0 Å². The standard InChI is InChI=1S/C24H27ClN2O3/c1-5-6-11-22-26-14-20(27(22)15-18-9-7-8-10-19(18)25)17(3)23(24(28)29-4)21-13-12-16(2)30-21/h7-10,12-14H,5-6,11,15H2,1-4H3/b23-17+. The minimum absolute atomic E-state index is 0.396. The number of ether oxygens (including phenoxy) is 1. The Labute approximate surface area is 182 Å². The van der Waals surface area contributed by atoms with Crippen LogP contribution in [0, 0.1) is 6.92 Å². The number of benzene rings is 1. The Morgan fingerprint density at radius 3 is 2.63 bits per heavy atom. The topological polar surface area (TPSA) is 57.3 Å². The first-order valence-corrected chi connectivity index (χ1v) is 10.5. The average molecular weight is 427 g/mol. The third-order valence-corrected chi connectivity index (χ3v) is 5.48. The van der Waals surface area contributed by atoms with Crippen LogP contribution in [0.3, 0.4) is 0 Å². The van der Waals surface area contributed by atoms with Crippen molar-refractivity contribution in [1.29, 1.82) is 0 Å². The molecule has 0 aliphatic heterocycles. The van der Waals surface area contributed by atoms with Gasteiger partial charge in [0.2, 0.25) is 0 Å². The molecule has 5 nitrogen and oxygen atoms in total. The lowest BCUT2D eigenvalue weighted by molar-refractivity contribution is -0.133. The smallest absolute Gasteiger partial charge is 0.342 e. The zero-order chi connectivity index (χ0) is 21.7. The number of imidazole rings is 1. The Morgan fingerprint density at radius 1 is 1.23 bits per heavy atom. The molecular weight excluding hydrogens is 400 g/mol. The summed E-state index contributed by atoms with van der Waals surface area (Å²) in [5.41, 5.74) is 2.99. The number of unbranched alkanes of at least 4 members (excludes halogenated alkanes) is 1. The van der Waals surface area contributed by atoms with Gasteiger partial charge in [0.05, 0.1) is 25.5 Å². The highest BCUT2D eigenvalue weighted by atomic mass is 35.5. The van der Waals surface area contributed by atoms with Crippen molar-refractivity contribution in [2.75, 3.05) is 7.11 Å². The van der Waals surface area contributed by atoms with Gasteiger partial charge in [-0.1, -0.05) is 43.1 Å². The van der Waals surface area contributed by atoms with Crippen LogP contribution >= 0.6 is 11.6 Å². The molecule has 0 atom stereocenters. The first-order chi connectivity index (χ1) is 14.5. The molecule has 0 radical (unpaired) electrons. The first kappa shape index (κ1) is 21.9. The lowest BCUT2D eigenvalue weighted by Crippen LogP contribution is -2.11. The van der Waals surface area contributed by atoms with Crippen molar-refractivity contribution in [3.8, 4) is 0 Å². The minimum atomic E-state index is -0.442. The molecule has 0 saturated carbocycles. The molecule has 0 bridgehead atoms. The zero-order valence-electron chi connectivity index (χ0n) is 17.9. The number of esters is 1. The SMILES string of the molecule is CCCCc1ncc(/C(C)=C(/C(=O)OC)c2ccc(C)o2)n1Cc1ccccc1Cl. The molecule has 0 saturated heterocycles. The average Bonchev–Trinajstić information content (AvgIpc) is 3.34. The van der Waals surface area contributed by atoms with Crippen LogP contribution < -0.4 is 0 Å². The molecule has 0 N–H and O–H groups in total. The molecule has 6 heteroatoms. The maximum absolute atomic E-state index is 12.6. The van der Waals surface area contributed by atoms with E-state index in [1.165, 1.54) is 7.11 Å². The number of aromatic nitrogens is 2. The normalized spacial score (nSPS) is 12.0. The zero-order valence-corrected chi connectivity index (χ0v) is 18.6. The van der Waals surface area contributed by atoms with E-state index in [4.69, 9.17) is 20.8 Å². The molecule has 3 rings (SSSR count). The fourth-order valence-corrected chi connectivity index (χ4v) is 3.65. The van der Waals surface area contributed by atoms with Crippen molar-refractivity contribution < 1.29 is 13.9 Å². The highest BCUT2D eigenvalue weighted by Gasteiger charge is 2.23. The highest BCUT2D eigenvalue weighted by Crippen LogP contribution is 2.30. The maximum atomic E-state index is 12.6. The third kappa shape index (κ3) is 4.68. The molecule has 0 unspecified atom stereocenters. The molecule has 3 aromatic rings. The molecule has 30 heavy (non-hydrogen) atoms. The number of halogens is 1. The molecule has 2 heterocycles. The Balaban J connectivity index is 2.15. The summed E-state index contributed by atoms with van der Waals surface area (Å²) in [6.07, 6.45) is 4.77. The van der Waals surface area contributed by atoms with Crippen LogP contribution in [0.5, 0.6) is 0 Å². The van der Waals surface area contributed by atoms with Gasteiger partial charge in [0, 0.05) is 11.4 Å². The minimum Gasteiger partial charge on any atom is -0.465 e. The van der Waals surface area contributed by atoms with Gasteiger partial charge in [0.25, 0.3) is 0 Å². The van der Waals surface area contributed by atoms with Crippen molar-refractivity contribution in [2.45, 2.75) is 46.6 Å². The van der Waals surface area contributed by atoms with Crippen LogP contribution in [-0.4, -0.2) is 22.6 Å². The molecule has 158 valence electrons. The summed E-state index contributed by atoms with van der Waals surface area (Å²) in [7, 11) is 1.37. The summed E-state index contributed by atoms with van der Waals surface area (Å²) >= 11 is 6.43. The van der Waals surface area contributed by atoms with E-state index in [2.05, 4.69) is 16.5 Å². The fraction of sp³-hybridized carbons (Fsp3) is 0.333. The van der Waals surface area contributed by atoms with E-state index in [9.17, 15) is 4.79 Å². The number of aryl methyl sites for hydroxylation is 2. The van der Waals surface area contributed by atoms with Crippen molar-refractivity contribution in [3.63, 3.8) is 0 Å². The number of rotatable bonds is 8. The van der Waals surface area contributed by atoms with Crippen LogP contribution in [0.1, 0.15) is 55.3 Å². The van der Waals surface area contributed by atoms with Gasteiger partial charge in [-0.05, 0) is 49.6 Å². The van der Waals surface area contributed by atoms with E-state index < -0.39 is 5.97 Å². The molecule has 0 spiro atoms. The van der Waals surface area contributed by atoms with E-state index >= 15 is 0 Å². The number of methoxy groups -OCH3 is 1. The lowest BCUT2D eigenvalue weighted by Gasteiger charge is -2.15. The Morgan fingerprint density at radius 2 is 2.00 bits per heavy atom. The number of hydrogen-bond donors (Lipinski definition) is 0. The van der Waals surface area contributed by atoms with Gasteiger partial charge in [0.1, 0.15) is 22.9 Å². The molecular formula is C24H27ClN2O3. The van der Waals surface area contributed by atoms with E-state index in [0.717, 1.165) is 47.7 Å². The molecule has 1 aromatic carbocycles. The second-order valence-corrected chi connectivity index (χ2v) is 7.65. The summed E-state index contributed by atoms with van der Waals surface area (Å²) in [6.45, 7) is 6.46. The van der Waals surface area contributed by atoms with Crippen molar-refractivity contribution in [3.05, 3.63) is 76.2 Å². The number of carbonyl (C=O) groups excluding carboxylic acids is 1. The molecule has 0 aliphatic rings. The molecule has 0 amide bonds. The Bertz CT molecular complexity index is 1060. The van der Waals surface area contributed by atoms with Gasteiger partial charge >= 0.3 is 5.97 Å². The first-order valence-electron chi connectivity index (χ1n) is 10.1. The monoisotopic (exact) mass is 426 g/mol. The van der Waals surface area contributed by atoms with Crippen molar-refractivity contribution in [1.82, 2.24) is 9.55 Å². The summed E-state index contributed by atoms with van der Waals surface area (Å²) < 4.78 is 12.9. The maximum Gasteiger partial charge on any atom is 0.342 e. The molecule has 0 aliphatic carbocycles. The highest BCUT2D eigenvalue weighted by molar-refractivity contribution is 6.31. The predicted molar refractivity (Wildman–Crippen MR) is 119 cm³/mol. The van der Waals surface area contributed by atoms with Crippen LogP contribution in [0.25, 0.3) is 11.1 Å². The van der Waals surface area contributed by atoms with Crippen molar-refractivity contribution >= 4 is 28.7 Å². The van der Waals surface area contributed by atoms with Crippen LogP contribution in [0.2, 0.25) is 5.02 Å². The third-order valence-electron chi connectivity index (χ3n) is 5.11. The quantitative estimate of drug-likeness (QED) is 0.330. The van der Waals surface area contributed by atoms with Gasteiger partial charge in [-0.2, -0.15) is 0 Å². The summed E-state index contributed by atoms with van der Waals surface area (Å²) in [5.74, 6) is 1.73. The fourth-order valence-electron chi connectivity index (χ4n) is 3.46. The van der Waals surface area contributed by atoms with Gasteiger partial charge in [-0.25, -0.2) is 9.78 Å². The number of hydrogen-bond acceptors (Lipinski definition) is 4. The second kappa shape index (κ2) is 9.81. The largest absolute Gasteiger partial charge is 0.465 e.